The van der Waals surface area contributed by atoms with Gasteiger partial charge in [-0.3, -0.25) is 0 Å². The maximum atomic E-state index is 8.21. The number of hydrogen-bond acceptors (Lipinski definition) is 2. The van der Waals surface area contributed by atoms with Crippen LogP contribution >= 0.6 is 11.8 Å². The molecule has 0 radical (unpaired) electrons. The SMILES string of the molecule is Cc1cccc(C#CSC#N)c1. The van der Waals surface area contributed by atoms with Crippen molar-refractivity contribution in [2.75, 3.05) is 0 Å². The highest BCUT2D eigenvalue weighted by Gasteiger charge is 1.85. The molecule has 0 heterocycles. The monoisotopic (exact) mass is 173 g/mol. The van der Waals surface area contributed by atoms with Crippen molar-refractivity contribution in [1.82, 2.24) is 0 Å². The van der Waals surface area contributed by atoms with Crippen LogP contribution < -0.4 is 0 Å². The Hall–Kier alpha value is -1.38. The normalized spacial score (nSPS) is 8.00. The first-order valence-electron chi connectivity index (χ1n) is 3.45. The van der Waals surface area contributed by atoms with Gasteiger partial charge < -0.3 is 0 Å². The molecule has 0 saturated carbocycles. The molecule has 0 fully saturated rings. The summed E-state index contributed by atoms with van der Waals surface area (Å²) in [6.45, 7) is 2.02. The van der Waals surface area contributed by atoms with E-state index in [-0.39, 0.29) is 0 Å². The topological polar surface area (TPSA) is 23.8 Å². The summed E-state index contributed by atoms with van der Waals surface area (Å²) in [6.07, 6.45) is 0. The molecule has 0 spiro atoms. The first kappa shape index (κ1) is 8.71. The number of benzene rings is 1. The Kier molecular flexibility index (Phi) is 3.26. The predicted molar refractivity (Wildman–Crippen MR) is 51.3 cm³/mol. The Balaban J connectivity index is 2.79. The average Bonchev–Trinajstić information content (AvgIpc) is 2.05. The van der Waals surface area contributed by atoms with Crippen LogP contribution in [0.1, 0.15) is 11.1 Å². The van der Waals surface area contributed by atoms with Gasteiger partial charge >= 0.3 is 0 Å². The van der Waals surface area contributed by atoms with Crippen LogP contribution in [0.25, 0.3) is 0 Å². The van der Waals surface area contributed by atoms with E-state index in [2.05, 4.69) is 11.2 Å². The number of nitrogens with zero attached hydrogens (tertiary/aromatic N) is 1. The Bertz CT molecular complexity index is 365. The summed E-state index contributed by atoms with van der Waals surface area (Å²) in [5.41, 5.74) is 2.14. The van der Waals surface area contributed by atoms with Crippen molar-refractivity contribution in [2.24, 2.45) is 0 Å². The zero-order valence-corrected chi connectivity index (χ0v) is 7.48. The van der Waals surface area contributed by atoms with Gasteiger partial charge in [0.2, 0.25) is 0 Å². The van der Waals surface area contributed by atoms with E-state index in [9.17, 15) is 0 Å². The Morgan fingerprint density at radius 2 is 2.25 bits per heavy atom. The van der Waals surface area contributed by atoms with E-state index in [1.54, 1.807) is 0 Å². The molecule has 0 saturated heterocycles. The first-order chi connectivity index (χ1) is 5.83. The second-order valence-corrected chi connectivity index (χ2v) is 2.88. The molecule has 0 atom stereocenters. The van der Waals surface area contributed by atoms with E-state index in [0.717, 1.165) is 17.3 Å². The van der Waals surface area contributed by atoms with Crippen LogP contribution in [-0.2, 0) is 0 Å². The second kappa shape index (κ2) is 4.49. The molecule has 0 N–H and O–H groups in total. The predicted octanol–water partition coefficient (Wildman–Crippen LogP) is 2.52. The van der Waals surface area contributed by atoms with E-state index in [1.807, 2.05) is 36.6 Å². The van der Waals surface area contributed by atoms with Crippen molar-refractivity contribution >= 4 is 11.8 Å². The van der Waals surface area contributed by atoms with Gasteiger partial charge in [-0.25, -0.2) is 0 Å². The van der Waals surface area contributed by atoms with Crippen molar-refractivity contribution in [2.45, 2.75) is 6.92 Å². The quantitative estimate of drug-likeness (QED) is 0.444. The van der Waals surface area contributed by atoms with Crippen molar-refractivity contribution in [3.05, 3.63) is 35.4 Å². The third-order valence-corrected chi connectivity index (χ3v) is 1.61. The van der Waals surface area contributed by atoms with E-state index in [1.165, 1.54) is 5.56 Å². The highest BCUT2D eigenvalue weighted by Crippen LogP contribution is 2.02. The largest absolute Gasteiger partial charge is 0.184 e. The third-order valence-electron chi connectivity index (χ3n) is 1.31. The molecule has 0 aromatic heterocycles. The van der Waals surface area contributed by atoms with Crippen LogP contribution in [0.4, 0.5) is 0 Å². The van der Waals surface area contributed by atoms with Crippen molar-refractivity contribution in [3.8, 4) is 16.6 Å². The highest BCUT2D eigenvalue weighted by atomic mass is 32.2. The summed E-state index contributed by atoms with van der Waals surface area (Å²) in [4.78, 5) is 0. The molecule has 0 amide bonds. The molecule has 0 aliphatic heterocycles. The van der Waals surface area contributed by atoms with Gasteiger partial charge in [-0.2, -0.15) is 5.26 Å². The van der Waals surface area contributed by atoms with Gasteiger partial charge in [-0.05, 0) is 29.9 Å². The molecule has 12 heavy (non-hydrogen) atoms. The fourth-order valence-corrected chi connectivity index (χ4v) is 1.04. The summed E-state index contributed by atoms with van der Waals surface area (Å²) in [5.74, 6) is 2.88. The lowest BCUT2D eigenvalue weighted by molar-refractivity contribution is 1.46. The molecule has 1 aromatic carbocycles. The molecular formula is C10H7NS. The number of thioether (sulfide) groups is 1. The van der Waals surface area contributed by atoms with Gasteiger partial charge in [0.15, 0.2) is 0 Å². The number of thiocyanates is 1. The Morgan fingerprint density at radius 1 is 1.42 bits per heavy atom. The Labute approximate surface area is 76.4 Å². The summed E-state index contributed by atoms with van der Waals surface area (Å²) in [5, 5.41) is 12.8. The fourth-order valence-electron chi connectivity index (χ4n) is 0.830. The van der Waals surface area contributed by atoms with Crippen LogP contribution in [0.2, 0.25) is 0 Å². The fraction of sp³-hybridized carbons (Fsp3) is 0.100. The van der Waals surface area contributed by atoms with E-state index in [4.69, 9.17) is 5.26 Å². The van der Waals surface area contributed by atoms with E-state index in [0.29, 0.717) is 0 Å². The van der Waals surface area contributed by atoms with Crippen LogP contribution in [0.3, 0.4) is 0 Å². The Morgan fingerprint density at radius 3 is 2.92 bits per heavy atom. The zero-order chi connectivity index (χ0) is 8.81. The lowest BCUT2D eigenvalue weighted by Crippen LogP contribution is -1.74. The molecule has 1 aromatic rings. The maximum Gasteiger partial charge on any atom is 0.147 e. The number of aryl methyl sites for hydroxylation is 1. The minimum atomic E-state index is 0.953. The summed E-state index contributed by atoms with van der Waals surface area (Å²) >= 11 is 0.953. The van der Waals surface area contributed by atoms with Gasteiger partial charge in [-0.1, -0.05) is 18.1 Å². The lowest BCUT2D eigenvalue weighted by Gasteiger charge is -1.90. The molecule has 0 unspecified atom stereocenters. The molecule has 0 aliphatic rings. The van der Waals surface area contributed by atoms with Gasteiger partial charge in [-0.15, -0.1) is 0 Å². The van der Waals surface area contributed by atoms with Gasteiger partial charge in [0.25, 0.3) is 0 Å². The van der Waals surface area contributed by atoms with Gasteiger partial charge in [0.05, 0.1) is 0 Å². The maximum absolute atomic E-state index is 8.21. The minimum absolute atomic E-state index is 0.953. The molecule has 0 aliphatic carbocycles. The van der Waals surface area contributed by atoms with Crippen molar-refractivity contribution in [1.29, 1.82) is 5.26 Å². The summed E-state index contributed by atoms with van der Waals surface area (Å²) in [7, 11) is 0. The van der Waals surface area contributed by atoms with Crippen molar-refractivity contribution < 1.29 is 0 Å². The average molecular weight is 173 g/mol. The highest BCUT2D eigenvalue weighted by molar-refractivity contribution is 8.08. The first-order valence-corrected chi connectivity index (χ1v) is 4.27. The smallest absolute Gasteiger partial charge is 0.147 e. The standard InChI is InChI=1S/C10H7NS/c1-9-3-2-4-10(7-9)5-6-12-8-11/h2-4,7H,1H3. The van der Waals surface area contributed by atoms with Crippen LogP contribution in [-0.4, -0.2) is 0 Å². The van der Waals surface area contributed by atoms with Crippen LogP contribution in [0.5, 0.6) is 0 Å². The van der Waals surface area contributed by atoms with Crippen LogP contribution in [0.15, 0.2) is 24.3 Å². The summed E-state index contributed by atoms with van der Waals surface area (Å²) in [6, 6.07) is 7.89. The number of nitriles is 1. The molecule has 58 valence electrons. The van der Waals surface area contributed by atoms with Crippen molar-refractivity contribution in [3.63, 3.8) is 0 Å². The molecular weight excluding hydrogens is 166 g/mol. The third kappa shape index (κ3) is 2.70. The molecule has 2 heteroatoms. The zero-order valence-electron chi connectivity index (χ0n) is 6.66. The van der Waals surface area contributed by atoms with Gasteiger partial charge in [0.1, 0.15) is 5.40 Å². The van der Waals surface area contributed by atoms with E-state index < -0.39 is 0 Å². The second-order valence-electron chi connectivity index (χ2n) is 2.29. The molecule has 1 nitrogen and oxygen atoms in total. The van der Waals surface area contributed by atoms with Gasteiger partial charge in [0, 0.05) is 17.3 Å². The summed E-state index contributed by atoms with van der Waals surface area (Å²) < 4.78 is 0. The van der Waals surface area contributed by atoms with E-state index >= 15 is 0 Å². The van der Waals surface area contributed by atoms with Crippen LogP contribution in [0, 0.1) is 28.8 Å². The minimum Gasteiger partial charge on any atom is -0.184 e. The molecule has 1 rings (SSSR count). The number of hydrogen-bond donors (Lipinski definition) is 0. The lowest BCUT2D eigenvalue weighted by atomic mass is 10.1. The molecule has 0 bridgehead atoms. The number of rotatable bonds is 0.